The summed E-state index contributed by atoms with van der Waals surface area (Å²) in [5.41, 5.74) is 1.18. The first-order valence-corrected chi connectivity index (χ1v) is 8.49. The van der Waals surface area contributed by atoms with Crippen molar-refractivity contribution in [2.45, 2.75) is 20.4 Å². The van der Waals surface area contributed by atoms with Gasteiger partial charge in [0.1, 0.15) is 12.1 Å². The number of aromatic nitrogens is 3. The summed E-state index contributed by atoms with van der Waals surface area (Å²) in [7, 11) is 0. The summed E-state index contributed by atoms with van der Waals surface area (Å²) in [5, 5.41) is 0. The smallest absolute Gasteiger partial charge is 0.315 e. The molecule has 7 heteroatoms. The fourth-order valence-electron chi connectivity index (χ4n) is 2.76. The number of carbonyl (C=O) groups is 1. The van der Waals surface area contributed by atoms with Crippen molar-refractivity contribution in [1.29, 1.82) is 0 Å². The molecule has 0 atom stereocenters. The molecule has 0 saturated carbocycles. The summed E-state index contributed by atoms with van der Waals surface area (Å²) in [4.78, 5) is 35.7. The average Bonchev–Trinajstić information content (AvgIpc) is 2.67. The van der Waals surface area contributed by atoms with Crippen LogP contribution in [-0.4, -0.2) is 33.6 Å². The molecule has 0 aliphatic carbocycles. The predicted octanol–water partition coefficient (Wildman–Crippen LogP) is 2.24. The van der Waals surface area contributed by atoms with E-state index in [2.05, 4.69) is 9.97 Å². The van der Waals surface area contributed by atoms with Crippen molar-refractivity contribution in [3.8, 4) is 5.88 Å². The molecule has 0 spiro atoms. The maximum Gasteiger partial charge on any atom is 0.315 e. The Bertz CT molecular complexity index is 969. The van der Waals surface area contributed by atoms with Gasteiger partial charge in [-0.3, -0.25) is 14.2 Å². The molecule has 134 valence electrons. The van der Waals surface area contributed by atoms with Crippen molar-refractivity contribution in [2.75, 3.05) is 18.1 Å². The number of pyridine rings is 1. The predicted molar refractivity (Wildman–Crippen MR) is 99.4 cm³/mol. The number of fused-ring (bicyclic) bond motifs is 1. The van der Waals surface area contributed by atoms with Gasteiger partial charge in [-0.2, -0.15) is 0 Å². The van der Waals surface area contributed by atoms with Crippen LogP contribution in [0, 0.1) is 0 Å². The number of amides is 1. The molecule has 0 fully saturated rings. The van der Waals surface area contributed by atoms with Gasteiger partial charge in [0.2, 0.25) is 5.91 Å². The van der Waals surface area contributed by atoms with Gasteiger partial charge in [0.25, 0.3) is 5.88 Å². The Morgan fingerprint density at radius 1 is 1.15 bits per heavy atom. The molecule has 0 aliphatic rings. The molecule has 3 rings (SSSR count). The lowest BCUT2D eigenvalue weighted by atomic mass is 10.3. The summed E-state index contributed by atoms with van der Waals surface area (Å²) in [6.07, 6.45) is 1.57. The molecule has 2 aromatic heterocycles. The first-order valence-electron chi connectivity index (χ1n) is 8.49. The lowest BCUT2D eigenvalue weighted by molar-refractivity contribution is -0.119. The third-order valence-electron chi connectivity index (χ3n) is 3.93. The van der Waals surface area contributed by atoms with Gasteiger partial charge in [-0.15, -0.1) is 0 Å². The molecule has 1 amide bonds. The number of anilines is 1. The number of benzene rings is 1. The topological polar surface area (TPSA) is 77.3 Å². The lowest BCUT2D eigenvalue weighted by Gasteiger charge is -2.22. The van der Waals surface area contributed by atoms with E-state index in [1.807, 2.05) is 37.3 Å². The number of para-hydroxylation sites is 1. The molecule has 0 aliphatic heterocycles. The van der Waals surface area contributed by atoms with E-state index in [4.69, 9.17) is 4.74 Å². The van der Waals surface area contributed by atoms with Crippen molar-refractivity contribution in [3.05, 3.63) is 59.0 Å². The van der Waals surface area contributed by atoms with Crippen molar-refractivity contribution >= 4 is 22.8 Å². The zero-order valence-corrected chi connectivity index (χ0v) is 14.8. The van der Waals surface area contributed by atoms with Gasteiger partial charge in [-0.25, -0.2) is 9.97 Å². The molecule has 2 heterocycles. The van der Waals surface area contributed by atoms with Crippen LogP contribution < -0.4 is 15.2 Å². The van der Waals surface area contributed by atoms with E-state index in [9.17, 15) is 9.59 Å². The van der Waals surface area contributed by atoms with E-state index in [1.165, 1.54) is 4.57 Å². The van der Waals surface area contributed by atoms with Crippen LogP contribution in [0.4, 0.5) is 5.69 Å². The third kappa shape index (κ3) is 3.42. The summed E-state index contributed by atoms with van der Waals surface area (Å²) >= 11 is 0. The van der Waals surface area contributed by atoms with Gasteiger partial charge in [0.15, 0.2) is 5.65 Å². The van der Waals surface area contributed by atoms with E-state index in [1.54, 1.807) is 30.2 Å². The summed E-state index contributed by atoms with van der Waals surface area (Å²) < 4.78 is 6.66. The van der Waals surface area contributed by atoms with Crippen molar-refractivity contribution in [2.24, 2.45) is 0 Å². The summed E-state index contributed by atoms with van der Waals surface area (Å²) in [6, 6.07) is 12.8. The van der Waals surface area contributed by atoms with Crippen molar-refractivity contribution in [3.63, 3.8) is 0 Å². The van der Waals surface area contributed by atoms with Crippen LogP contribution in [0.25, 0.3) is 11.2 Å². The van der Waals surface area contributed by atoms with Crippen LogP contribution in [-0.2, 0) is 11.3 Å². The largest absolute Gasteiger partial charge is 0.474 e. The Morgan fingerprint density at radius 2 is 1.92 bits per heavy atom. The summed E-state index contributed by atoms with van der Waals surface area (Å²) in [6.45, 7) is 4.33. The number of hydrogen-bond acceptors (Lipinski definition) is 5. The zero-order chi connectivity index (χ0) is 18.5. The van der Waals surface area contributed by atoms with Gasteiger partial charge in [0, 0.05) is 18.4 Å². The Kier molecular flexibility index (Phi) is 5.26. The molecule has 1 aromatic carbocycles. The Morgan fingerprint density at radius 3 is 2.62 bits per heavy atom. The monoisotopic (exact) mass is 352 g/mol. The zero-order valence-electron chi connectivity index (χ0n) is 14.8. The maximum atomic E-state index is 12.9. The van der Waals surface area contributed by atoms with Crippen LogP contribution in [0.3, 0.4) is 0 Å². The average molecular weight is 352 g/mol. The number of hydrogen-bond donors (Lipinski definition) is 0. The second-order valence-corrected chi connectivity index (χ2v) is 5.56. The molecule has 7 nitrogen and oxygen atoms in total. The van der Waals surface area contributed by atoms with Gasteiger partial charge >= 0.3 is 5.56 Å². The van der Waals surface area contributed by atoms with Crippen LogP contribution in [0.2, 0.25) is 0 Å². The summed E-state index contributed by atoms with van der Waals surface area (Å²) in [5.74, 6) is -0.232. The molecule has 26 heavy (non-hydrogen) atoms. The third-order valence-corrected chi connectivity index (χ3v) is 3.93. The van der Waals surface area contributed by atoms with E-state index in [0.29, 0.717) is 24.3 Å². The van der Waals surface area contributed by atoms with E-state index in [-0.39, 0.29) is 18.3 Å². The Balaban J connectivity index is 2.03. The molecule has 3 aromatic rings. The van der Waals surface area contributed by atoms with Crippen LogP contribution in [0.5, 0.6) is 5.88 Å². The molecule has 0 unspecified atom stereocenters. The minimum absolute atomic E-state index is 0.0245. The fourth-order valence-corrected chi connectivity index (χ4v) is 2.76. The van der Waals surface area contributed by atoms with Crippen LogP contribution in [0.15, 0.2) is 53.5 Å². The fraction of sp³-hybridized carbons (Fsp3) is 0.263. The first kappa shape index (κ1) is 17.6. The second kappa shape index (κ2) is 7.77. The number of rotatable bonds is 6. The lowest BCUT2D eigenvalue weighted by Crippen LogP contribution is -2.37. The van der Waals surface area contributed by atoms with E-state index in [0.717, 1.165) is 5.69 Å². The number of carbonyl (C=O) groups excluding carboxylic acids is 1. The van der Waals surface area contributed by atoms with Gasteiger partial charge < -0.3 is 9.64 Å². The van der Waals surface area contributed by atoms with Crippen molar-refractivity contribution in [1.82, 2.24) is 14.5 Å². The van der Waals surface area contributed by atoms with E-state index < -0.39 is 5.56 Å². The molecule has 0 saturated heterocycles. The highest BCUT2D eigenvalue weighted by atomic mass is 16.5. The standard InChI is InChI=1S/C19H20N4O3/c1-3-22(14-9-6-5-7-10-14)16(24)13-23-17-15(11-8-12-20-17)21-18(19(23)25)26-4-2/h5-12H,3-4,13H2,1-2H3. The second-order valence-electron chi connectivity index (χ2n) is 5.56. The molecular weight excluding hydrogens is 332 g/mol. The minimum Gasteiger partial charge on any atom is -0.474 e. The van der Waals surface area contributed by atoms with Gasteiger partial charge in [-0.05, 0) is 38.1 Å². The first-order chi connectivity index (χ1) is 12.7. The molecule has 0 radical (unpaired) electrons. The quantitative estimate of drug-likeness (QED) is 0.680. The van der Waals surface area contributed by atoms with Gasteiger partial charge in [-0.1, -0.05) is 18.2 Å². The SMILES string of the molecule is CCOc1nc2cccnc2n(CC(=O)N(CC)c2ccccc2)c1=O. The van der Waals surface area contributed by atoms with Crippen LogP contribution >= 0.6 is 0 Å². The highest BCUT2D eigenvalue weighted by Crippen LogP contribution is 2.15. The Labute approximate surface area is 150 Å². The van der Waals surface area contributed by atoms with Gasteiger partial charge in [0.05, 0.1) is 6.61 Å². The van der Waals surface area contributed by atoms with Crippen molar-refractivity contribution < 1.29 is 9.53 Å². The maximum absolute atomic E-state index is 12.9. The minimum atomic E-state index is -0.462. The normalized spacial score (nSPS) is 10.7. The van der Waals surface area contributed by atoms with Crippen LogP contribution in [0.1, 0.15) is 13.8 Å². The number of likely N-dealkylation sites (N-methyl/N-ethyl adjacent to an activating group) is 1. The molecule has 0 N–H and O–H groups in total. The van der Waals surface area contributed by atoms with E-state index >= 15 is 0 Å². The molecular formula is C19H20N4O3. The number of ether oxygens (including phenoxy) is 1. The highest BCUT2D eigenvalue weighted by Gasteiger charge is 2.19. The Hall–Kier alpha value is -3.22. The molecule has 0 bridgehead atoms. The number of nitrogens with zero attached hydrogens (tertiary/aromatic N) is 4. The highest BCUT2D eigenvalue weighted by molar-refractivity contribution is 5.93.